The number of aromatic nitrogens is 1. The summed E-state index contributed by atoms with van der Waals surface area (Å²) in [6.45, 7) is 2.87. The van der Waals surface area contributed by atoms with Gasteiger partial charge in [-0.25, -0.2) is 0 Å². The fourth-order valence-corrected chi connectivity index (χ4v) is 2.30. The predicted octanol–water partition coefficient (Wildman–Crippen LogP) is 4.09. The molecule has 0 saturated heterocycles. The van der Waals surface area contributed by atoms with Gasteiger partial charge in [0, 0.05) is 11.2 Å². The molecular weight excluding hydrogens is 267 g/mol. The summed E-state index contributed by atoms with van der Waals surface area (Å²) in [4.78, 5) is 4.37. The van der Waals surface area contributed by atoms with E-state index in [4.69, 9.17) is 23.2 Å². The maximum atomic E-state index is 6.21. The van der Waals surface area contributed by atoms with Gasteiger partial charge in [0.25, 0.3) is 0 Å². The number of nitrogens with zero attached hydrogens (tertiary/aromatic N) is 1. The quantitative estimate of drug-likeness (QED) is 0.913. The maximum Gasteiger partial charge on any atom is 0.0804 e. The highest BCUT2D eigenvalue weighted by Crippen LogP contribution is 2.27. The molecule has 1 atom stereocenters. The molecule has 2 rings (SSSR count). The Morgan fingerprint density at radius 2 is 2.06 bits per heavy atom. The van der Waals surface area contributed by atoms with E-state index in [1.807, 2.05) is 43.3 Å². The Kier molecular flexibility index (Phi) is 4.59. The van der Waals surface area contributed by atoms with Gasteiger partial charge in [0.15, 0.2) is 0 Å². The molecule has 0 amide bonds. The smallest absolute Gasteiger partial charge is 0.0804 e. The van der Waals surface area contributed by atoms with Gasteiger partial charge >= 0.3 is 0 Å². The minimum atomic E-state index is -0.0394. The van der Waals surface area contributed by atoms with Gasteiger partial charge in [-0.1, -0.05) is 42.3 Å². The summed E-state index contributed by atoms with van der Waals surface area (Å²) in [6, 6.07) is 11.4. The lowest BCUT2D eigenvalue weighted by Gasteiger charge is -2.19. The zero-order chi connectivity index (χ0) is 13.0. The summed E-state index contributed by atoms with van der Waals surface area (Å²) in [5.41, 5.74) is 1.88. The Balaban J connectivity index is 2.43. The summed E-state index contributed by atoms with van der Waals surface area (Å²) in [5.74, 6) is 0. The molecule has 0 saturated carbocycles. The van der Waals surface area contributed by atoms with E-state index in [9.17, 15) is 0 Å². The first-order valence-electron chi connectivity index (χ1n) is 5.81. The van der Waals surface area contributed by atoms with Crippen LogP contribution >= 0.6 is 23.2 Å². The van der Waals surface area contributed by atoms with Gasteiger partial charge in [0.05, 0.1) is 16.8 Å². The van der Waals surface area contributed by atoms with E-state index in [0.717, 1.165) is 17.8 Å². The van der Waals surface area contributed by atoms with Crippen molar-refractivity contribution in [2.24, 2.45) is 0 Å². The molecule has 0 spiro atoms. The van der Waals surface area contributed by atoms with E-state index < -0.39 is 0 Å². The summed E-state index contributed by atoms with van der Waals surface area (Å²) in [6.07, 6.45) is 1.75. The normalized spacial score (nSPS) is 12.4. The maximum absolute atomic E-state index is 6.21. The van der Waals surface area contributed by atoms with Crippen LogP contribution in [-0.2, 0) is 0 Å². The summed E-state index contributed by atoms with van der Waals surface area (Å²) in [7, 11) is 0. The third-order valence-corrected chi connectivity index (χ3v) is 3.21. The number of pyridine rings is 1. The fraction of sp³-hybridized carbons (Fsp3) is 0.214. The Morgan fingerprint density at radius 1 is 1.22 bits per heavy atom. The van der Waals surface area contributed by atoms with Gasteiger partial charge in [-0.15, -0.1) is 0 Å². The van der Waals surface area contributed by atoms with Crippen LogP contribution in [0.4, 0.5) is 0 Å². The molecule has 1 aromatic carbocycles. The Morgan fingerprint density at radius 3 is 2.72 bits per heavy atom. The minimum absolute atomic E-state index is 0.0394. The van der Waals surface area contributed by atoms with Gasteiger partial charge in [-0.05, 0) is 36.4 Å². The Bertz CT molecular complexity index is 529. The molecule has 1 N–H and O–H groups in total. The van der Waals surface area contributed by atoms with Crippen LogP contribution in [0, 0.1) is 0 Å². The van der Waals surface area contributed by atoms with Crippen LogP contribution in [0.15, 0.2) is 42.6 Å². The zero-order valence-corrected chi connectivity index (χ0v) is 11.5. The van der Waals surface area contributed by atoms with E-state index in [2.05, 4.69) is 10.3 Å². The SMILES string of the molecule is CCNC(c1cccc(Cl)c1)c1ncccc1Cl. The molecule has 2 nitrogen and oxygen atoms in total. The topological polar surface area (TPSA) is 24.9 Å². The summed E-state index contributed by atoms with van der Waals surface area (Å²) < 4.78 is 0. The van der Waals surface area contributed by atoms with Crippen LogP contribution < -0.4 is 5.32 Å². The number of halogens is 2. The summed E-state index contributed by atoms with van der Waals surface area (Å²) in [5, 5.41) is 4.74. The molecular formula is C14H14Cl2N2. The van der Waals surface area contributed by atoms with Crippen LogP contribution in [0.2, 0.25) is 10.0 Å². The third-order valence-electron chi connectivity index (χ3n) is 2.65. The third kappa shape index (κ3) is 3.02. The number of hydrogen-bond acceptors (Lipinski definition) is 2. The second-order valence-corrected chi connectivity index (χ2v) is 4.76. The zero-order valence-electron chi connectivity index (χ0n) is 10.0. The van der Waals surface area contributed by atoms with Gasteiger partial charge in [-0.2, -0.15) is 0 Å². The van der Waals surface area contributed by atoms with E-state index in [1.165, 1.54) is 0 Å². The lowest BCUT2D eigenvalue weighted by Crippen LogP contribution is -2.23. The highest BCUT2D eigenvalue weighted by Gasteiger charge is 2.17. The molecule has 2 aromatic rings. The average molecular weight is 281 g/mol. The van der Waals surface area contributed by atoms with E-state index in [1.54, 1.807) is 6.20 Å². The van der Waals surface area contributed by atoms with Crippen molar-refractivity contribution in [3.8, 4) is 0 Å². The molecule has 0 bridgehead atoms. The van der Waals surface area contributed by atoms with Gasteiger partial charge < -0.3 is 5.32 Å². The first kappa shape index (κ1) is 13.3. The Hall–Kier alpha value is -1.09. The highest BCUT2D eigenvalue weighted by atomic mass is 35.5. The van der Waals surface area contributed by atoms with Gasteiger partial charge in [0.2, 0.25) is 0 Å². The molecule has 18 heavy (non-hydrogen) atoms. The number of rotatable bonds is 4. The molecule has 1 aromatic heterocycles. The second-order valence-electron chi connectivity index (χ2n) is 3.92. The largest absolute Gasteiger partial charge is 0.305 e. The van der Waals surface area contributed by atoms with Crippen molar-refractivity contribution in [2.75, 3.05) is 6.54 Å². The van der Waals surface area contributed by atoms with Crippen LogP contribution in [0.25, 0.3) is 0 Å². The number of benzene rings is 1. The molecule has 94 valence electrons. The van der Waals surface area contributed by atoms with Crippen molar-refractivity contribution < 1.29 is 0 Å². The molecule has 1 heterocycles. The van der Waals surface area contributed by atoms with E-state index in [0.29, 0.717) is 10.0 Å². The first-order chi connectivity index (χ1) is 8.72. The minimum Gasteiger partial charge on any atom is -0.305 e. The average Bonchev–Trinajstić information content (AvgIpc) is 2.37. The molecule has 4 heteroatoms. The summed E-state index contributed by atoms with van der Waals surface area (Å²) >= 11 is 12.2. The van der Waals surface area contributed by atoms with Crippen molar-refractivity contribution in [2.45, 2.75) is 13.0 Å². The second kappa shape index (κ2) is 6.19. The van der Waals surface area contributed by atoms with Crippen molar-refractivity contribution in [3.05, 3.63) is 63.9 Å². The molecule has 1 unspecified atom stereocenters. The van der Waals surface area contributed by atoms with Crippen LogP contribution in [0.5, 0.6) is 0 Å². The van der Waals surface area contributed by atoms with Crippen LogP contribution in [0.3, 0.4) is 0 Å². The highest BCUT2D eigenvalue weighted by molar-refractivity contribution is 6.31. The Labute approximate surface area is 117 Å². The fourth-order valence-electron chi connectivity index (χ4n) is 1.87. The molecule has 0 aliphatic rings. The first-order valence-corrected chi connectivity index (χ1v) is 6.57. The van der Waals surface area contributed by atoms with Crippen LogP contribution in [0.1, 0.15) is 24.2 Å². The molecule has 0 aliphatic carbocycles. The molecule has 0 radical (unpaired) electrons. The van der Waals surface area contributed by atoms with Crippen molar-refractivity contribution in [1.29, 1.82) is 0 Å². The van der Waals surface area contributed by atoms with Crippen LogP contribution in [-0.4, -0.2) is 11.5 Å². The predicted molar refractivity (Wildman–Crippen MR) is 76.2 cm³/mol. The van der Waals surface area contributed by atoms with Crippen molar-refractivity contribution in [1.82, 2.24) is 10.3 Å². The standard InChI is InChI=1S/C14H14Cl2N2/c1-2-17-13(10-5-3-6-11(15)9-10)14-12(16)7-4-8-18-14/h3-9,13,17H,2H2,1H3. The lowest BCUT2D eigenvalue weighted by atomic mass is 10.0. The molecule has 0 fully saturated rings. The lowest BCUT2D eigenvalue weighted by molar-refractivity contribution is 0.616. The molecule has 0 aliphatic heterocycles. The van der Waals surface area contributed by atoms with Gasteiger partial charge in [0.1, 0.15) is 0 Å². The number of nitrogens with one attached hydrogen (secondary N) is 1. The van der Waals surface area contributed by atoms with Crippen molar-refractivity contribution >= 4 is 23.2 Å². The number of hydrogen-bond donors (Lipinski definition) is 1. The van der Waals surface area contributed by atoms with Gasteiger partial charge in [-0.3, -0.25) is 4.98 Å². The van der Waals surface area contributed by atoms with Crippen molar-refractivity contribution in [3.63, 3.8) is 0 Å². The van der Waals surface area contributed by atoms with E-state index in [-0.39, 0.29) is 6.04 Å². The van der Waals surface area contributed by atoms with E-state index >= 15 is 0 Å². The monoisotopic (exact) mass is 280 g/mol.